The molecular weight excluding hydrogens is 1150 g/mol. The number of benzene rings is 3. The monoisotopic (exact) mass is 1240 g/mol. The Morgan fingerprint density at radius 3 is 1.62 bits per heavy atom. The van der Waals surface area contributed by atoms with E-state index in [-0.39, 0.29) is 51.2 Å². The lowest BCUT2D eigenvalue weighted by molar-refractivity contribution is 0.160. The largest absolute Gasteiger partial charge is 0.507 e. The average Bonchev–Trinajstić information content (AvgIpc) is 0.999. The maximum Gasteiger partial charge on any atom is 0.257 e. The maximum absolute atomic E-state index is 10.6. The summed E-state index contributed by atoms with van der Waals surface area (Å²) in [5, 5.41) is 93.5. The van der Waals surface area contributed by atoms with Crippen LogP contribution in [-0.2, 0) is 14.0 Å². The van der Waals surface area contributed by atoms with Crippen LogP contribution < -0.4 is 30.7 Å². The molecule has 12 rings (SSSR count). The molecule has 26 heteroatoms. The van der Waals surface area contributed by atoms with E-state index in [4.69, 9.17) is 10.7 Å². The predicted octanol–water partition coefficient (Wildman–Crippen LogP) is 8.86. The summed E-state index contributed by atoms with van der Waals surface area (Å²) in [6.45, 7) is 30.0. The van der Waals surface area contributed by atoms with Gasteiger partial charge in [0.1, 0.15) is 28.6 Å². The summed E-state index contributed by atoms with van der Waals surface area (Å²) in [6.07, 6.45) is 15.0. The fourth-order valence-corrected chi connectivity index (χ4v) is 12.1. The number of hydrogen-bond donors (Lipinski definition) is 8. The zero-order chi connectivity index (χ0) is 67.7. The van der Waals surface area contributed by atoms with Crippen molar-refractivity contribution in [2.24, 2.45) is 14.0 Å². The fourth-order valence-electron chi connectivity index (χ4n) is 12.1. The number of piperidine rings is 1. The third-order valence-corrected chi connectivity index (χ3v) is 15.8. The molecule has 476 valence electrons. The summed E-state index contributed by atoms with van der Waals surface area (Å²) in [4.78, 5) is 23.1. The Balaban J connectivity index is 0.000000154. The molecule has 8 N–H and O–H groups in total. The van der Waals surface area contributed by atoms with Crippen LogP contribution in [0.3, 0.4) is 0 Å². The van der Waals surface area contributed by atoms with E-state index in [1.165, 1.54) is 12.4 Å². The minimum Gasteiger partial charge on any atom is -0.507 e. The number of aromatic amines is 1. The van der Waals surface area contributed by atoms with Crippen LogP contribution in [0.4, 0.5) is 23.7 Å². The first-order valence-electron chi connectivity index (χ1n) is 31.6. The molecule has 0 bridgehead atoms. The van der Waals surface area contributed by atoms with E-state index >= 15 is 0 Å². The molecule has 26 nitrogen and oxygen atoms in total. The highest BCUT2D eigenvalue weighted by atomic mass is 16.3. The lowest BCUT2D eigenvalue weighted by Gasteiger charge is -2.48. The van der Waals surface area contributed by atoms with Crippen molar-refractivity contribution in [3.8, 4) is 90.3 Å². The van der Waals surface area contributed by atoms with Crippen molar-refractivity contribution in [3.05, 3.63) is 109 Å². The maximum atomic E-state index is 10.6. The van der Waals surface area contributed by atoms with Gasteiger partial charge >= 0.3 is 0 Å². The van der Waals surface area contributed by atoms with Gasteiger partial charge in [-0.05, 0) is 149 Å². The molecule has 2 unspecified atom stereocenters. The molecule has 0 aliphatic carbocycles. The van der Waals surface area contributed by atoms with Crippen LogP contribution in [0.1, 0.15) is 99.0 Å². The summed E-state index contributed by atoms with van der Waals surface area (Å²) >= 11 is 0. The number of hydrogen-bond acceptors (Lipinski definition) is 22. The number of aromatic nitrogens is 15. The lowest BCUT2D eigenvalue weighted by atomic mass is 9.79. The van der Waals surface area contributed by atoms with Crippen LogP contribution in [0.5, 0.6) is 23.0 Å². The van der Waals surface area contributed by atoms with Crippen LogP contribution in [0.15, 0.2) is 98.0 Å². The molecule has 3 saturated heterocycles. The van der Waals surface area contributed by atoms with E-state index in [1.54, 1.807) is 91.2 Å². The molecular formula is C65H82N22O4. The van der Waals surface area contributed by atoms with Crippen LogP contribution in [0.2, 0.25) is 0 Å². The summed E-state index contributed by atoms with van der Waals surface area (Å²) < 4.78 is 24.8. The van der Waals surface area contributed by atoms with E-state index in [2.05, 4.69) is 171 Å². The van der Waals surface area contributed by atoms with Crippen LogP contribution in [-0.4, -0.2) is 169 Å². The Kier molecular flexibility index (Phi) is 17.2. The van der Waals surface area contributed by atoms with Gasteiger partial charge in [0.05, 0.1) is 36.7 Å². The van der Waals surface area contributed by atoms with Gasteiger partial charge in [-0.25, -0.2) is 20.1 Å². The van der Waals surface area contributed by atoms with E-state index in [9.17, 15) is 20.4 Å². The van der Waals surface area contributed by atoms with E-state index < -0.39 is 6.98 Å². The summed E-state index contributed by atoms with van der Waals surface area (Å²) in [7, 11) is 3.78. The highest BCUT2D eigenvalue weighted by molar-refractivity contribution is 5.81. The highest BCUT2D eigenvalue weighted by Gasteiger charge is 2.40. The second kappa shape index (κ2) is 26.0. The van der Waals surface area contributed by atoms with Crippen molar-refractivity contribution >= 4 is 23.7 Å². The fraction of sp³-hybridized carbons (Fsp3) is 0.431. The van der Waals surface area contributed by atoms with E-state index in [1.807, 2.05) is 13.1 Å². The molecule has 91 heavy (non-hydrogen) atoms. The number of phenolic OH excluding ortho intramolecular Hbond substituents is 4. The van der Waals surface area contributed by atoms with Crippen molar-refractivity contribution in [2.75, 3.05) is 47.9 Å². The molecule has 3 aliphatic rings. The quantitative estimate of drug-likeness (QED) is 0.0418. The molecule has 0 saturated carbocycles. The van der Waals surface area contributed by atoms with E-state index in [0.717, 1.165) is 56.5 Å². The van der Waals surface area contributed by atoms with Crippen molar-refractivity contribution in [2.45, 2.75) is 135 Å². The minimum absolute atomic E-state index is 0.00333. The molecule has 3 fully saturated rings. The summed E-state index contributed by atoms with van der Waals surface area (Å²) in [6, 6.07) is 16.4. The van der Waals surface area contributed by atoms with E-state index in [0.29, 0.717) is 103 Å². The standard InChI is InChI=1S/C23H31N7O2.C21H24N8O.C21H27N7O/c1-22(2)11-14(12-23(3,4)28-22)30(6)21-24-13-18(25-26-21)16-8-7-15(19(31)20(16)32)17-9-10-29(5)27-17;1-21(2,3)25-14-7-8-29(12-14)20-23-11-17(26-28-20)15-6-5-13(9-18(15)30)16-10-24-27-19(16)22-4;1-21(2,3)24-16-7-8-28(13-16)20-22-11-18(25-26-20)17-6-5-14(9-19(17)29)15-10-23-27(4)12-15/h7-10,13-14,28,31-32H,11-12H2,1-6H3;5-6,9-11,14,25,30H,7-8,12H2,1-3H3,(H,24,27);5-6,9-12,16,24,29H,7-8,13H2,1-4H3/i;;4D3. The normalized spacial score (nSPS) is 17.9. The number of anilines is 3. The molecule has 6 aromatic heterocycles. The molecule has 0 amide bonds. The van der Waals surface area contributed by atoms with Crippen molar-refractivity contribution < 1.29 is 24.5 Å². The third-order valence-electron chi connectivity index (χ3n) is 15.8. The molecule has 0 spiro atoms. The van der Waals surface area contributed by atoms with Crippen molar-refractivity contribution in [1.82, 2.24) is 91.3 Å². The molecule has 3 aromatic carbocycles. The average molecular weight is 1240 g/mol. The van der Waals surface area contributed by atoms with Crippen LogP contribution in [0, 0.1) is 6.57 Å². The van der Waals surface area contributed by atoms with Crippen molar-refractivity contribution in [1.29, 1.82) is 0 Å². The van der Waals surface area contributed by atoms with Gasteiger partial charge in [0, 0.05) is 137 Å². The van der Waals surface area contributed by atoms with Crippen molar-refractivity contribution in [3.63, 3.8) is 0 Å². The number of aromatic hydroxyl groups is 4. The first kappa shape index (κ1) is 60.2. The number of phenols is 4. The predicted molar refractivity (Wildman–Crippen MR) is 350 cm³/mol. The minimum atomic E-state index is -2.35. The molecule has 2 atom stereocenters. The smallest absolute Gasteiger partial charge is 0.257 e. The molecule has 0 radical (unpaired) electrons. The topological polar surface area (TPSA) is 311 Å². The molecule has 3 aliphatic heterocycles. The highest BCUT2D eigenvalue weighted by Crippen LogP contribution is 2.43. The van der Waals surface area contributed by atoms with Gasteiger partial charge in [0.25, 0.3) is 5.82 Å². The molecule has 9 heterocycles. The van der Waals surface area contributed by atoms with Gasteiger partial charge in [-0.15, -0.1) is 35.7 Å². The van der Waals surface area contributed by atoms with Gasteiger partial charge in [0.15, 0.2) is 11.5 Å². The lowest BCUT2D eigenvalue weighted by Crippen LogP contribution is -2.62. The number of H-pyrrole nitrogens is 1. The van der Waals surface area contributed by atoms with Gasteiger partial charge in [-0.2, -0.15) is 10.2 Å². The second-order valence-electron chi connectivity index (χ2n) is 26.8. The number of nitrogens with zero attached hydrogens (tertiary/aromatic N) is 18. The first-order valence-corrected chi connectivity index (χ1v) is 30.1. The summed E-state index contributed by atoms with van der Waals surface area (Å²) in [5.74, 6) is 1.55. The third kappa shape index (κ3) is 15.7. The van der Waals surface area contributed by atoms with Gasteiger partial charge in [0.2, 0.25) is 17.8 Å². The second-order valence-corrected chi connectivity index (χ2v) is 26.8. The Bertz CT molecular complexity index is 4120. The van der Waals surface area contributed by atoms with Gasteiger partial charge < -0.3 is 55.9 Å². The summed E-state index contributed by atoms with van der Waals surface area (Å²) in [5.41, 5.74) is 6.45. The number of aryl methyl sites for hydroxylation is 2. The Hall–Kier alpha value is -9.71. The molecule has 9 aromatic rings. The van der Waals surface area contributed by atoms with Crippen LogP contribution in [0.25, 0.3) is 72.1 Å². The zero-order valence-electron chi connectivity index (χ0n) is 56.5. The zero-order valence-corrected chi connectivity index (χ0v) is 53.5. The van der Waals surface area contributed by atoms with Gasteiger partial charge in [-0.3, -0.25) is 9.36 Å². The number of nitrogens with one attached hydrogen (secondary N) is 4. The SMILES string of the molecule is CN(c1ncc(-c2ccc(-c3ccn(C)n3)c(O)c2O)nn1)C1CC(C)(C)NC(C)(C)C1.[2H]C([2H])([2H])n1cc(-c2ccc(-c3cnc(N4CCC(NC(C)(C)C)C4)nn3)c(O)c2)cn1.[C-]#[N+]c1[nH]ncc1-c1ccc(-c2cnc(N3CCC(NC(C)(C)C)C3)nn2)c(O)c1. The Morgan fingerprint density at radius 2 is 1.14 bits per heavy atom. The van der Waals surface area contributed by atoms with Gasteiger partial charge in [-0.1, -0.05) is 18.7 Å². The Labute approximate surface area is 534 Å². The number of rotatable bonds is 12. The first-order chi connectivity index (χ1) is 44.3. The Morgan fingerprint density at radius 1 is 0.626 bits per heavy atom. The van der Waals surface area contributed by atoms with Crippen LogP contribution >= 0.6 is 0 Å².